The second-order valence-corrected chi connectivity index (χ2v) is 8.64. The number of aryl methyl sites for hydroxylation is 1. The molecule has 0 aliphatic carbocycles. The Bertz CT molecular complexity index is 767. The number of β-lactam (4-membered cyclic amide) rings is 1. The third-order valence-corrected chi connectivity index (χ3v) is 6.48. The first kappa shape index (κ1) is 21.4. The molecule has 0 radical (unpaired) electrons. The molecule has 4 nitrogen and oxygen atoms in total. The minimum absolute atomic E-state index is 0.0485. The van der Waals surface area contributed by atoms with Gasteiger partial charge in [0.1, 0.15) is 6.54 Å². The zero-order valence-corrected chi connectivity index (χ0v) is 17.7. The van der Waals surface area contributed by atoms with Crippen molar-refractivity contribution in [3.8, 4) is 0 Å². The number of unbranched alkanes of at least 4 members (excludes halogenated alkanes) is 3. The molecule has 0 saturated carbocycles. The molecule has 1 unspecified atom stereocenters. The largest absolute Gasteiger partial charge is 0.355 e. The molecule has 2 amide bonds. The first-order valence-electron chi connectivity index (χ1n) is 10.5. The van der Waals surface area contributed by atoms with E-state index in [1.807, 2.05) is 24.3 Å². The maximum absolute atomic E-state index is 12.2. The predicted octanol–water partition coefficient (Wildman–Crippen LogP) is 4.40. The van der Waals surface area contributed by atoms with E-state index in [0.717, 1.165) is 25.0 Å². The molecule has 1 aliphatic rings. The number of nitrogens with one attached hydrogen (secondary N) is 1. The lowest BCUT2D eigenvalue weighted by atomic mass is 10.1. The standard InChI is InChI=1S/C24H30N2O2S/c27-22(25-16-10-2-1-5-11-20-12-6-3-7-13-20)18-26-23(28)17-24(26)29-19-21-14-8-4-9-15-21/h3-4,6-9,12-15,24H,1-2,5,10-11,16-19H2,(H,25,27). The molecule has 1 N–H and O–H groups in total. The first-order chi connectivity index (χ1) is 14.2. The van der Waals surface area contributed by atoms with Crippen molar-refractivity contribution in [3.05, 3.63) is 71.8 Å². The van der Waals surface area contributed by atoms with Crippen molar-refractivity contribution < 1.29 is 9.59 Å². The Hall–Kier alpha value is -2.27. The van der Waals surface area contributed by atoms with Crippen molar-refractivity contribution in [2.45, 2.75) is 49.7 Å². The van der Waals surface area contributed by atoms with Crippen LogP contribution in [-0.2, 0) is 21.8 Å². The number of hydrogen-bond acceptors (Lipinski definition) is 3. The fourth-order valence-electron chi connectivity index (χ4n) is 3.42. The molecule has 1 aliphatic heterocycles. The fourth-order valence-corrected chi connectivity index (χ4v) is 4.63. The van der Waals surface area contributed by atoms with Crippen LogP contribution in [0.5, 0.6) is 0 Å². The summed E-state index contributed by atoms with van der Waals surface area (Å²) in [5.74, 6) is 0.888. The molecule has 2 aromatic rings. The van der Waals surface area contributed by atoms with Gasteiger partial charge in [-0.15, -0.1) is 11.8 Å². The summed E-state index contributed by atoms with van der Waals surface area (Å²) in [5, 5.41) is 3.08. The van der Waals surface area contributed by atoms with Crippen molar-refractivity contribution >= 4 is 23.6 Å². The smallest absolute Gasteiger partial charge is 0.239 e. The summed E-state index contributed by atoms with van der Waals surface area (Å²) in [4.78, 5) is 25.8. The molecule has 154 valence electrons. The third kappa shape index (κ3) is 7.24. The molecule has 1 fully saturated rings. The van der Waals surface area contributed by atoms with Gasteiger partial charge in [-0.25, -0.2) is 0 Å². The number of carbonyl (C=O) groups excluding carboxylic acids is 2. The van der Waals surface area contributed by atoms with E-state index in [9.17, 15) is 9.59 Å². The van der Waals surface area contributed by atoms with Crippen LogP contribution in [-0.4, -0.2) is 35.2 Å². The molecule has 0 aromatic heterocycles. The van der Waals surface area contributed by atoms with Gasteiger partial charge in [0, 0.05) is 12.3 Å². The molecule has 0 bridgehead atoms. The van der Waals surface area contributed by atoms with Crippen LogP contribution in [0.1, 0.15) is 43.2 Å². The van der Waals surface area contributed by atoms with Crippen LogP contribution < -0.4 is 5.32 Å². The van der Waals surface area contributed by atoms with Gasteiger partial charge in [-0.2, -0.15) is 0 Å². The van der Waals surface area contributed by atoms with Crippen molar-refractivity contribution in [2.24, 2.45) is 0 Å². The van der Waals surface area contributed by atoms with Crippen molar-refractivity contribution in [3.63, 3.8) is 0 Å². The van der Waals surface area contributed by atoms with Gasteiger partial charge in [0.2, 0.25) is 11.8 Å². The van der Waals surface area contributed by atoms with Gasteiger partial charge in [-0.3, -0.25) is 9.59 Å². The monoisotopic (exact) mass is 410 g/mol. The van der Waals surface area contributed by atoms with Gasteiger partial charge in [0.05, 0.1) is 11.8 Å². The molecular formula is C24H30N2O2S. The van der Waals surface area contributed by atoms with E-state index >= 15 is 0 Å². The third-order valence-electron chi connectivity index (χ3n) is 5.17. The Morgan fingerprint density at radius 3 is 2.28 bits per heavy atom. The summed E-state index contributed by atoms with van der Waals surface area (Å²) in [6.07, 6.45) is 6.11. The number of nitrogens with zero attached hydrogens (tertiary/aromatic N) is 1. The number of thioether (sulfide) groups is 1. The van der Waals surface area contributed by atoms with Gasteiger partial charge in [-0.1, -0.05) is 73.5 Å². The van der Waals surface area contributed by atoms with Crippen LogP contribution >= 0.6 is 11.8 Å². The van der Waals surface area contributed by atoms with E-state index in [1.165, 1.54) is 24.0 Å². The summed E-state index contributed by atoms with van der Waals surface area (Å²) in [6.45, 7) is 0.868. The fraction of sp³-hybridized carbons (Fsp3) is 0.417. The van der Waals surface area contributed by atoms with Gasteiger partial charge in [0.25, 0.3) is 0 Å². The van der Waals surface area contributed by atoms with Crippen LogP contribution in [0.15, 0.2) is 60.7 Å². The minimum atomic E-state index is -0.0485. The Kier molecular flexibility index (Phi) is 8.62. The Labute approximate surface area is 178 Å². The highest BCUT2D eigenvalue weighted by molar-refractivity contribution is 7.99. The molecule has 1 saturated heterocycles. The van der Waals surface area contributed by atoms with Crippen LogP contribution in [0.25, 0.3) is 0 Å². The van der Waals surface area contributed by atoms with Crippen LogP contribution in [0, 0.1) is 0 Å². The summed E-state index contributed by atoms with van der Waals surface area (Å²) < 4.78 is 0. The molecule has 2 aromatic carbocycles. The molecule has 3 rings (SSSR count). The lowest BCUT2D eigenvalue weighted by Crippen LogP contribution is -2.54. The molecule has 5 heteroatoms. The topological polar surface area (TPSA) is 49.4 Å². The number of carbonyl (C=O) groups is 2. The number of hydrogen-bond donors (Lipinski definition) is 1. The zero-order chi connectivity index (χ0) is 20.3. The van der Waals surface area contributed by atoms with E-state index in [4.69, 9.17) is 0 Å². The Morgan fingerprint density at radius 1 is 0.931 bits per heavy atom. The average Bonchev–Trinajstić information content (AvgIpc) is 2.75. The predicted molar refractivity (Wildman–Crippen MR) is 119 cm³/mol. The summed E-state index contributed by atoms with van der Waals surface area (Å²) in [5.41, 5.74) is 2.63. The SMILES string of the molecule is O=C(CN1C(=O)CC1SCc1ccccc1)NCCCCCCc1ccccc1. The van der Waals surface area contributed by atoms with Crippen LogP contribution in [0.2, 0.25) is 0 Å². The number of rotatable bonds is 12. The van der Waals surface area contributed by atoms with Gasteiger partial charge >= 0.3 is 0 Å². The van der Waals surface area contributed by atoms with E-state index in [2.05, 4.69) is 41.7 Å². The van der Waals surface area contributed by atoms with Crippen LogP contribution in [0.3, 0.4) is 0 Å². The Balaban J connectivity index is 1.24. The van der Waals surface area contributed by atoms with Crippen LogP contribution in [0.4, 0.5) is 0 Å². The number of amides is 2. The average molecular weight is 411 g/mol. The highest BCUT2D eigenvalue weighted by Crippen LogP contribution is 2.31. The van der Waals surface area contributed by atoms with Crippen molar-refractivity contribution in [1.82, 2.24) is 10.2 Å². The molecule has 29 heavy (non-hydrogen) atoms. The second-order valence-electron chi connectivity index (χ2n) is 7.48. The lowest BCUT2D eigenvalue weighted by Gasteiger charge is -2.39. The number of likely N-dealkylation sites (tertiary alicyclic amines) is 1. The van der Waals surface area contributed by atoms with Gasteiger partial charge in [-0.05, 0) is 30.4 Å². The number of benzene rings is 2. The Morgan fingerprint density at radius 2 is 1.59 bits per heavy atom. The lowest BCUT2D eigenvalue weighted by molar-refractivity contribution is -0.145. The van der Waals surface area contributed by atoms with Crippen molar-refractivity contribution in [1.29, 1.82) is 0 Å². The summed E-state index contributed by atoms with van der Waals surface area (Å²) in [7, 11) is 0. The summed E-state index contributed by atoms with van der Waals surface area (Å²) in [6, 6.07) is 20.8. The van der Waals surface area contributed by atoms with E-state index < -0.39 is 0 Å². The maximum Gasteiger partial charge on any atom is 0.239 e. The molecule has 1 heterocycles. The van der Waals surface area contributed by atoms with E-state index in [-0.39, 0.29) is 23.7 Å². The zero-order valence-electron chi connectivity index (χ0n) is 16.9. The highest BCUT2D eigenvalue weighted by Gasteiger charge is 2.37. The molecular weight excluding hydrogens is 380 g/mol. The molecule has 0 spiro atoms. The molecule has 1 atom stereocenters. The van der Waals surface area contributed by atoms with Crippen molar-refractivity contribution in [2.75, 3.05) is 13.1 Å². The second kappa shape index (κ2) is 11.7. The maximum atomic E-state index is 12.2. The normalized spacial score (nSPS) is 15.8. The highest BCUT2D eigenvalue weighted by atomic mass is 32.2. The first-order valence-corrected chi connectivity index (χ1v) is 11.5. The quantitative estimate of drug-likeness (QED) is 0.417. The minimum Gasteiger partial charge on any atom is -0.355 e. The van der Waals surface area contributed by atoms with E-state index in [0.29, 0.717) is 13.0 Å². The van der Waals surface area contributed by atoms with Gasteiger partial charge in [0.15, 0.2) is 0 Å². The van der Waals surface area contributed by atoms with Gasteiger partial charge < -0.3 is 10.2 Å². The summed E-state index contributed by atoms with van der Waals surface area (Å²) >= 11 is 1.73. The van der Waals surface area contributed by atoms with E-state index in [1.54, 1.807) is 16.7 Å².